The first-order chi connectivity index (χ1) is 8.11. The lowest BCUT2D eigenvalue weighted by Gasteiger charge is -2.13. The third-order valence-corrected chi connectivity index (χ3v) is 2.83. The van der Waals surface area contributed by atoms with Crippen molar-refractivity contribution in [3.63, 3.8) is 0 Å². The number of nitrogens with two attached hydrogens (primary N) is 1. The van der Waals surface area contributed by atoms with E-state index in [1.807, 2.05) is 0 Å². The zero-order valence-electron chi connectivity index (χ0n) is 9.23. The molecule has 17 heavy (non-hydrogen) atoms. The fraction of sp³-hybridized carbons (Fsp3) is 0.364. The number of benzene rings is 1. The number of hydrogen-bond acceptors (Lipinski definition) is 5. The van der Waals surface area contributed by atoms with E-state index >= 15 is 0 Å². The molecule has 1 atom stereocenters. The van der Waals surface area contributed by atoms with E-state index in [1.54, 1.807) is 12.1 Å². The third-order valence-electron chi connectivity index (χ3n) is 2.51. The molecule has 0 aliphatic carbocycles. The van der Waals surface area contributed by atoms with Crippen molar-refractivity contribution < 1.29 is 19.0 Å². The summed E-state index contributed by atoms with van der Waals surface area (Å²) in [4.78, 5) is 11.1. The number of carbonyl (C=O) groups is 1. The summed E-state index contributed by atoms with van der Waals surface area (Å²) >= 11 is 6.06. The Kier molecular flexibility index (Phi) is 3.40. The highest BCUT2D eigenvalue weighted by Gasteiger charge is 2.21. The van der Waals surface area contributed by atoms with Gasteiger partial charge in [-0.2, -0.15) is 0 Å². The van der Waals surface area contributed by atoms with Gasteiger partial charge >= 0.3 is 5.97 Å². The van der Waals surface area contributed by atoms with E-state index in [0.29, 0.717) is 22.1 Å². The highest BCUT2D eigenvalue weighted by atomic mass is 35.5. The van der Waals surface area contributed by atoms with Crippen LogP contribution in [0.15, 0.2) is 12.1 Å². The normalized spacial score (nSPS) is 14.5. The maximum atomic E-state index is 11.1. The smallest absolute Gasteiger partial charge is 0.307 e. The average molecular weight is 258 g/mol. The molecule has 0 saturated heterocycles. The number of hydrogen-bond donors (Lipinski definition) is 1. The molecule has 0 saturated carbocycles. The number of carbonyl (C=O) groups excluding carboxylic acids is 1. The molecular weight excluding hydrogens is 246 g/mol. The monoisotopic (exact) mass is 257 g/mol. The van der Waals surface area contributed by atoms with Crippen LogP contribution < -0.4 is 15.2 Å². The molecule has 5 nitrogen and oxygen atoms in total. The molecule has 0 fully saturated rings. The van der Waals surface area contributed by atoms with E-state index in [0.717, 1.165) is 0 Å². The zero-order valence-corrected chi connectivity index (χ0v) is 9.99. The number of rotatable bonds is 3. The minimum atomic E-state index is -0.524. The Balaban J connectivity index is 2.23. The number of halogens is 1. The van der Waals surface area contributed by atoms with Crippen molar-refractivity contribution in [3.8, 4) is 11.5 Å². The second-order valence-electron chi connectivity index (χ2n) is 3.61. The van der Waals surface area contributed by atoms with Gasteiger partial charge in [0.2, 0.25) is 6.79 Å². The summed E-state index contributed by atoms with van der Waals surface area (Å²) in [5, 5.41) is 0.450. The standard InChI is InChI=1S/C11H12ClNO4/c1-15-11(14)4-8(13)6-2-9-10(3-7(6)12)17-5-16-9/h2-3,8H,4-5,13H2,1H3/t8-/m0/s1. The van der Waals surface area contributed by atoms with Gasteiger partial charge in [-0.1, -0.05) is 11.6 Å². The highest BCUT2D eigenvalue weighted by molar-refractivity contribution is 6.31. The molecule has 1 aliphatic heterocycles. The molecule has 1 aromatic carbocycles. The van der Waals surface area contributed by atoms with Crippen LogP contribution in [0, 0.1) is 0 Å². The lowest BCUT2D eigenvalue weighted by Crippen LogP contribution is -2.16. The van der Waals surface area contributed by atoms with Crippen LogP contribution in [0.3, 0.4) is 0 Å². The Labute approximate surface area is 103 Å². The van der Waals surface area contributed by atoms with Crippen LogP contribution in [-0.2, 0) is 9.53 Å². The molecule has 0 amide bonds. The highest BCUT2D eigenvalue weighted by Crippen LogP contribution is 2.38. The van der Waals surface area contributed by atoms with Crippen LogP contribution in [0.5, 0.6) is 11.5 Å². The van der Waals surface area contributed by atoms with Gasteiger partial charge in [-0.25, -0.2) is 0 Å². The fourth-order valence-electron chi connectivity index (χ4n) is 1.59. The topological polar surface area (TPSA) is 70.8 Å². The second-order valence-corrected chi connectivity index (χ2v) is 4.02. The van der Waals surface area contributed by atoms with Crippen molar-refractivity contribution in [2.45, 2.75) is 12.5 Å². The van der Waals surface area contributed by atoms with Crippen LogP contribution in [0.1, 0.15) is 18.0 Å². The minimum Gasteiger partial charge on any atom is -0.469 e. The van der Waals surface area contributed by atoms with Crippen LogP contribution in [-0.4, -0.2) is 19.9 Å². The molecule has 1 aliphatic rings. The predicted molar refractivity (Wildman–Crippen MR) is 61.1 cm³/mol. The van der Waals surface area contributed by atoms with Crippen molar-refractivity contribution in [2.24, 2.45) is 5.73 Å². The molecule has 0 radical (unpaired) electrons. The van der Waals surface area contributed by atoms with Crippen molar-refractivity contribution in [2.75, 3.05) is 13.9 Å². The van der Waals surface area contributed by atoms with Gasteiger partial charge in [-0.05, 0) is 11.6 Å². The average Bonchev–Trinajstić information content (AvgIpc) is 2.74. The summed E-state index contributed by atoms with van der Waals surface area (Å²) in [5.41, 5.74) is 6.52. The quantitative estimate of drug-likeness (QED) is 0.834. The van der Waals surface area contributed by atoms with Crippen LogP contribution >= 0.6 is 11.6 Å². The molecule has 2 N–H and O–H groups in total. The van der Waals surface area contributed by atoms with E-state index in [4.69, 9.17) is 26.8 Å². The number of ether oxygens (including phenoxy) is 3. The van der Waals surface area contributed by atoms with Gasteiger partial charge < -0.3 is 19.9 Å². The summed E-state index contributed by atoms with van der Waals surface area (Å²) in [5.74, 6) is 0.792. The van der Waals surface area contributed by atoms with E-state index in [9.17, 15) is 4.79 Å². The molecule has 0 aromatic heterocycles. The van der Waals surface area contributed by atoms with Gasteiger partial charge in [0.1, 0.15) is 0 Å². The Bertz CT molecular complexity index is 449. The molecular formula is C11H12ClNO4. The Morgan fingerprint density at radius 3 is 2.82 bits per heavy atom. The molecule has 6 heteroatoms. The van der Waals surface area contributed by atoms with E-state index < -0.39 is 6.04 Å². The van der Waals surface area contributed by atoms with E-state index in [2.05, 4.69) is 4.74 Å². The van der Waals surface area contributed by atoms with Crippen molar-refractivity contribution >= 4 is 17.6 Å². The van der Waals surface area contributed by atoms with Gasteiger partial charge in [0.15, 0.2) is 11.5 Å². The minimum absolute atomic E-state index is 0.0653. The molecule has 1 aromatic rings. The first kappa shape index (κ1) is 12.0. The maximum Gasteiger partial charge on any atom is 0.307 e. The molecule has 0 bridgehead atoms. The van der Waals surface area contributed by atoms with Gasteiger partial charge in [0.05, 0.1) is 13.5 Å². The summed E-state index contributed by atoms with van der Waals surface area (Å²) in [6, 6.07) is 2.80. The van der Waals surface area contributed by atoms with Crippen LogP contribution in [0.25, 0.3) is 0 Å². The predicted octanol–water partition coefficient (Wildman–Crippen LogP) is 1.63. The number of methoxy groups -OCH3 is 1. The number of esters is 1. The third kappa shape index (κ3) is 2.45. The lowest BCUT2D eigenvalue weighted by molar-refractivity contribution is -0.141. The lowest BCUT2D eigenvalue weighted by atomic mass is 10.0. The SMILES string of the molecule is COC(=O)C[C@H](N)c1cc2c(cc1Cl)OCO2. The molecule has 0 spiro atoms. The van der Waals surface area contributed by atoms with Crippen molar-refractivity contribution in [3.05, 3.63) is 22.7 Å². The van der Waals surface area contributed by atoms with E-state index in [1.165, 1.54) is 7.11 Å². The number of fused-ring (bicyclic) bond motifs is 1. The molecule has 92 valence electrons. The summed E-state index contributed by atoms with van der Waals surface area (Å²) in [6.45, 7) is 0.168. The summed E-state index contributed by atoms with van der Waals surface area (Å²) < 4.78 is 15.0. The Morgan fingerprint density at radius 2 is 2.18 bits per heavy atom. The first-order valence-corrected chi connectivity index (χ1v) is 5.41. The van der Waals surface area contributed by atoms with Gasteiger partial charge in [-0.3, -0.25) is 4.79 Å². The second kappa shape index (κ2) is 4.81. The fourth-order valence-corrected chi connectivity index (χ4v) is 1.88. The Hall–Kier alpha value is -1.46. The van der Waals surface area contributed by atoms with Crippen LogP contribution in [0.2, 0.25) is 5.02 Å². The van der Waals surface area contributed by atoms with Gasteiger partial charge in [-0.15, -0.1) is 0 Å². The zero-order chi connectivity index (χ0) is 12.4. The van der Waals surface area contributed by atoms with Gasteiger partial charge in [0, 0.05) is 17.1 Å². The Morgan fingerprint density at radius 1 is 1.53 bits per heavy atom. The van der Waals surface area contributed by atoms with Gasteiger partial charge in [0.25, 0.3) is 0 Å². The summed E-state index contributed by atoms with van der Waals surface area (Å²) in [6.07, 6.45) is 0.0653. The largest absolute Gasteiger partial charge is 0.469 e. The maximum absolute atomic E-state index is 11.1. The van der Waals surface area contributed by atoms with Crippen molar-refractivity contribution in [1.29, 1.82) is 0 Å². The first-order valence-electron chi connectivity index (χ1n) is 5.03. The molecule has 1 heterocycles. The molecule has 2 rings (SSSR count). The molecule has 0 unspecified atom stereocenters. The van der Waals surface area contributed by atoms with E-state index in [-0.39, 0.29) is 19.2 Å². The van der Waals surface area contributed by atoms with Crippen molar-refractivity contribution in [1.82, 2.24) is 0 Å². The summed E-state index contributed by atoms with van der Waals surface area (Å²) in [7, 11) is 1.32. The van der Waals surface area contributed by atoms with Crippen LogP contribution in [0.4, 0.5) is 0 Å².